The van der Waals surface area contributed by atoms with E-state index in [0.29, 0.717) is 22.7 Å². The minimum Gasteiger partial charge on any atom is -0.748 e. The summed E-state index contributed by atoms with van der Waals surface area (Å²) in [6.45, 7) is 10.0. The van der Waals surface area contributed by atoms with E-state index < -0.39 is 31.7 Å². The Balaban J connectivity index is -0.000000411. The summed E-state index contributed by atoms with van der Waals surface area (Å²) < 4.78 is 60.9. The van der Waals surface area contributed by atoms with Crippen molar-refractivity contribution >= 4 is 77.0 Å². The molecule has 0 saturated heterocycles. The fourth-order valence-corrected chi connectivity index (χ4v) is 3.85. The summed E-state index contributed by atoms with van der Waals surface area (Å²) >= 11 is 1.97. The molecule has 0 rings (SSSR count). The van der Waals surface area contributed by atoms with Gasteiger partial charge < -0.3 is 9.11 Å². The second kappa shape index (κ2) is 16.0. The third-order valence-corrected chi connectivity index (χ3v) is 6.02. The molecular weight excluding hydrogens is 449 g/mol. The van der Waals surface area contributed by atoms with Gasteiger partial charge in [-0.25, -0.2) is 16.8 Å². The molecular formula is C14H22MgO8S4. The van der Waals surface area contributed by atoms with Gasteiger partial charge in [-0.3, -0.25) is 9.59 Å². The molecule has 13 heteroatoms. The summed E-state index contributed by atoms with van der Waals surface area (Å²) in [5.41, 5.74) is 0.852. The topological polar surface area (TPSA) is 149 Å². The molecule has 0 spiro atoms. The van der Waals surface area contributed by atoms with Crippen molar-refractivity contribution in [3.8, 4) is 0 Å². The third-order valence-electron chi connectivity index (χ3n) is 2.24. The normalized spacial score (nSPS) is 10.8. The average Bonchev–Trinajstić information content (AvgIpc) is 2.46. The van der Waals surface area contributed by atoms with Gasteiger partial charge in [0.2, 0.25) is 10.2 Å². The average molecular weight is 471 g/mol. The van der Waals surface area contributed by atoms with Gasteiger partial charge >= 0.3 is 23.1 Å². The zero-order valence-electron chi connectivity index (χ0n) is 15.3. The van der Waals surface area contributed by atoms with Crippen LogP contribution < -0.4 is 0 Å². The molecule has 0 saturated carbocycles. The zero-order chi connectivity index (χ0) is 21.0. The van der Waals surface area contributed by atoms with Crippen LogP contribution in [0.4, 0.5) is 0 Å². The van der Waals surface area contributed by atoms with Crippen molar-refractivity contribution in [3.63, 3.8) is 0 Å². The van der Waals surface area contributed by atoms with Gasteiger partial charge in [0.1, 0.15) is 0 Å². The standard InChI is InChI=1S/2C7H12O4S2.Mg/c2*1-6(2)7(8)12-4-3-5-13(9,10)11;/h2*1,3-5H2,2H3,(H,9,10,11);/q;;+2/p-2. The molecule has 0 aliphatic heterocycles. The van der Waals surface area contributed by atoms with E-state index in [1.54, 1.807) is 13.8 Å². The quantitative estimate of drug-likeness (QED) is 0.197. The summed E-state index contributed by atoms with van der Waals surface area (Å²) in [6, 6.07) is 0. The van der Waals surface area contributed by atoms with Crippen molar-refractivity contribution in [2.75, 3.05) is 23.0 Å². The molecule has 0 aromatic heterocycles. The monoisotopic (exact) mass is 470 g/mol. The first-order valence-electron chi connectivity index (χ1n) is 7.18. The summed E-state index contributed by atoms with van der Waals surface area (Å²) in [7, 11) is -8.28. The van der Waals surface area contributed by atoms with Crippen molar-refractivity contribution in [1.82, 2.24) is 0 Å². The molecule has 0 aliphatic rings. The van der Waals surface area contributed by atoms with Crippen LogP contribution in [0, 0.1) is 0 Å². The minimum atomic E-state index is -4.14. The molecule has 27 heavy (non-hydrogen) atoms. The molecule has 0 unspecified atom stereocenters. The Morgan fingerprint density at radius 1 is 0.778 bits per heavy atom. The van der Waals surface area contributed by atoms with Gasteiger partial charge in [0, 0.05) is 23.0 Å². The largest absolute Gasteiger partial charge is 2.00 e. The summed E-state index contributed by atoms with van der Waals surface area (Å²) in [4.78, 5) is 21.8. The van der Waals surface area contributed by atoms with E-state index >= 15 is 0 Å². The first-order valence-corrected chi connectivity index (χ1v) is 12.3. The van der Waals surface area contributed by atoms with E-state index in [9.17, 15) is 35.5 Å². The molecule has 0 fully saturated rings. The Kier molecular flexibility index (Phi) is 18.8. The Morgan fingerprint density at radius 3 is 1.22 bits per heavy atom. The van der Waals surface area contributed by atoms with Crippen LogP contribution in [0.5, 0.6) is 0 Å². The summed E-state index contributed by atoms with van der Waals surface area (Å²) in [6.07, 6.45) is 0.408. The van der Waals surface area contributed by atoms with E-state index in [-0.39, 0.29) is 46.1 Å². The predicted molar refractivity (Wildman–Crippen MR) is 109 cm³/mol. The van der Waals surface area contributed by atoms with Crippen molar-refractivity contribution < 1.29 is 35.5 Å². The Morgan fingerprint density at radius 2 is 1.04 bits per heavy atom. The van der Waals surface area contributed by atoms with Crippen LogP contribution in [-0.2, 0) is 29.8 Å². The Labute approximate surface area is 185 Å². The molecule has 0 amide bonds. The molecule has 0 N–H and O–H groups in total. The van der Waals surface area contributed by atoms with Crippen LogP contribution in [0.2, 0.25) is 0 Å². The number of hydrogen-bond acceptors (Lipinski definition) is 10. The van der Waals surface area contributed by atoms with Crippen LogP contribution in [0.15, 0.2) is 24.3 Å². The van der Waals surface area contributed by atoms with Crippen molar-refractivity contribution in [1.29, 1.82) is 0 Å². The molecule has 0 aromatic carbocycles. The third kappa shape index (κ3) is 26.1. The van der Waals surface area contributed by atoms with Gasteiger partial charge in [-0.15, -0.1) is 0 Å². The van der Waals surface area contributed by atoms with E-state index in [1.165, 1.54) is 0 Å². The maximum atomic E-state index is 10.9. The van der Waals surface area contributed by atoms with E-state index in [2.05, 4.69) is 13.2 Å². The molecule has 0 heterocycles. The van der Waals surface area contributed by atoms with Crippen LogP contribution in [-0.4, -0.2) is 82.2 Å². The second-order valence-corrected chi connectivity index (χ2v) is 10.2. The number of hydrogen-bond donors (Lipinski definition) is 0. The van der Waals surface area contributed by atoms with Crippen molar-refractivity contribution in [2.45, 2.75) is 26.7 Å². The SMILES string of the molecule is C=C(C)C(=O)SCCCS(=O)(=O)[O-].C=C(C)C(=O)SCCCS(=O)(=O)[O-].[Mg+2]. The number of thioether (sulfide) groups is 2. The van der Waals surface area contributed by atoms with E-state index in [4.69, 9.17) is 0 Å². The molecule has 152 valence electrons. The fourth-order valence-electron chi connectivity index (χ4n) is 1.05. The Bertz CT molecular complexity index is 651. The number of carbonyl (C=O) groups excluding carboxylic acids is 2. The number of rotatable bonds is 10. The van der Waals surface area contributed by atoms with E-state index in [0.717, 1.165) is 23.5 Å². The van der Waals surface area contributed by atoms with E-state index in [1.807, 2.05) is 0 Å². The maximum Gasteiger partial charge on any atom is 2.00 e. The minimum absolute atomic E-state index is 0. The second-order valence-electron chi connectivity index (χ2n) is 5.06. The van der Waals surface area contributed by atoms with Gasteiger partial charge in [-0.2, -0.15) is 0 Å². The first-order chi connectivity index (χ1) is 11.7. The Hall–Kier alpha value is 0.106. The van der Waals surface area contributed by atoms with Gasteiger partial charge in [0.25, 0.3) is 0 Å². The molecule has 0 radical (unpaired) electrons. The van der Waals surface area contributed by atoms with Gasteiger partial charge in [-0.05, 0) is 37.8 Å². The van der Waals surface area contributed by atoms with Crippen LogP contribution in [0.25, 0.3) is 0 Å². The predicted octanol–water partition coefficient (Wildman–Crippen LogP) is 1.13. The van der Waals surface area contributed by atoms with Gasteiger partial charge in [0.05, 0.1) is 20.2 Å². The first kappa shape index (κ1) is 31.8. The molecule has 0 aromatic rings. The number of carbonyl (C=O) groups is 2. The van der Waals surface area contributed by atoms with Crippen molar-refractivity contribution in [2.24, 2.45) is 0 Å². The summed E-state index contributed by atoms with van der Waals surface area (Å²) in [5.74, 6) is -0.146. The van der Waals surface area contributed by atoms with Crippen LogP contribution in [0.1, 0.15) is 26.7 Å². The fraction of sp³-hybridized carbons (Fsp3) is 0.571. The van der Waals surface area contributed by atoms with Gasteiger partial charge in [-0.1, -0.05) is 36.7 Å². The molecule has 0 aliphatic carbocycles. The molecule has 0 bridgehead atoms. The summed E-state index contributed by atoms with van der Waals surface area (Å²) in [5, 5.41) is -0.327. The van der Waals surface area contributed by atoms with Gasteiger partial charge in [0.15, 0.2) is 0 Å². The smallest absolute Gasteiger partial charge is 0.748 e. The maximum absolute atomic E-state index is 10.9. The van der Waals surface area contributed by atoms with Crippen LogP contribution >= 0.6 is 23.5 Å². The molecule has 0 atom stereocenters. The zero-order valence-corrected chi connectivity index (χ0v) is 19.9. The van der Waals surface area contributed by atoms with Crippen molar-refractivity contribution in [3.05, 3.63) is 24.3 Å². The molecule has 8 nitrogen and oxygen atoms in total. The van der Waals surface area contributed by atoms with Crippen LogP contribution in [0.3, 0.4) is 0 Å².